The Bertz CT molecular complexity index is 931. The minimum absolute atomic E-state index is 0.300. The first-order chi connectivity index (χ1) is 13.5. The maximum atomic E-state index is 13.0. The van der Waals surface area contributed by atoms with Crippen LogP contribution in [0.5, 0.6) is 0 Å². The molecule has 154 valence electrons. The van der Waals surface area contributed by atoms with Gasteiger partial charge in [0.2, 0.25) is 0 Å². The highest BCUT2D eigenvalue weighted by molar-refractivity contribution is 6.05. The summed E-state index contributed by atoms with van der Waals surface area (Å²) in [4.78, 5) is 27.1. The second kappa shape index (κ2) is 7.50. The molecule has 1 atom stereocenters. The topological polar surface area (TPSA) is 64.4 Å². The number of carbonyl (C=O) groups is 2. The van der Waals surface area contributed by atoms with Crippen LogP contribution in [0.15, 0.2) is 48.8 Å². The van der Waals surface area contributed by atoms with Gasteiger partial charge < -0.3 is 4.74 Å². The van der Waals surface area contributed by atoms with Crippen LogP contribution in [0.1, 0.15) is 53.5 Å². The number of hydrogen-bond acceptors (Lipinski definition) is 4. The van der Waals surface area contributed by atoms with E-state index < -0.39 is 11.7 Å². The molecule has 6 nitrogen and oxygen atoms in total. The zero-order chi connectivity index (χ0) is 21.4. The molecule has 0 radical (unpaired) electrons. The number of imide groups is 1. The van der Waals surface area contributed by atoms with Crippen molar-refractivity contribution in [2.75, 3.05) is 0 Å². The van der Waals surface area contributed by atoms with E-state index in [1.807, 2.05) is 57.3 Å². The van der Waals surface area contributed by atoms with E-state index in [1.54, 1.807) is 37.7 Å². The van der Waals surface area contributed by atoms with E-state index in [4.69, 9.17) is 4.74 Å². The number of ether oxygens (including phenoxy) is 1. The highest BCUT2D eigenvalue weighted by Crippen LogP contribution is 2.37. The van der Waals surface area contributed by atoms with E-state index >= 15 is 0 Å². The largest absolute Gasteiger partial charge is 0.443 e. The Morgan fingerprint density at radius 3 is 2.45 bits per heavy atom. The quantitative estimate of drug-likeness (QED) is 0.730. The smallest absolute Gasteiger partial charge is 0.417 e. The summed E-state index contributed by atoms with van der Waals surface area (Å²) in [5.41, 5.74) is 1.81. The lowest BCUT2D eigenvalue weighted by Crippen LogP contribution is -2.53. The molecule has 2 aromatic rings. The number of rotatable bonds is 2. The molecule has 0 N–H and O–H groups in total. The van der Waals surface area contributed by atoms with E-state index in [9.17, 15) is 9.59 Å². The van der Waals surface area contributed by atoms with Gasteiger partial charge in [-0.15, -0.1) is 0 Å². The van der Waals surface area contributed by atoms with Crippen LogP contribution < -0.4 is 0 Å². The number of benzene rings is 1. The second-order valence-corrected chi connectivity index (χ2v) is 9.45. The Morgan fingerprint density at radius 1 is 1.14 bits per heavy atom. The number of hydrogen-bond donors (Lipinski definition) is 0. The van der Waals surface area contributed by atoms with Crippen molar-refractivity contribution >= 4 is 17.6 Å². The minimum Gasteiger partial charge on any atom is -0.443 e. The molecule has 0 fully saturated rings. The van der Waals surface area contributed by atoms with Crippen molar-refractivity contribution < 1.29 is 14.3 Å². The first-order valence-electron chi connectivity index (χ1n) is 9.83. The summed E-state index contributed by atoms with van der Waals surface area (Å²) in [5.74, 6) is -0.343. The summed E-state index contributed by atoms with van der Waals surface area (Å²) in [6.45, 7) is 11.5. The van der Waals surface area contributed by atoms with Gasteiger partial charge in [-0.3, -0.25) is 4.79 Å². The van der Waals surface area contributed by atoms with Crippen LogP contribution in [0.3, 0.4) is 0 Å². The molecule has 1 aliphatic heterocycles. The Balaban J connectivity index is 1.97. The summed E-state index contributed by atoms with van der Waals surface area (Å²) in [6, 6.07) is 9.46. The summed E-state index contributed by atoms with van der Waals surface area (Å²) < 4.78 is 7.29. The summed E-state index contributed by atoms with van der Waals surface area (Å²) in [6.07, 6.45) is 5.13. The summed E-state index contributed by atoms with van der Waals surface area (Å²) in [5, 5.41) is 4.27. The molecule has 2 amide bonds. The molecule has 0 unspecified atom stereocenters. The molecule has 2 heterocycles. The lowest BCUT2D eigenvalue weighted by Gasteiger charge is -2.41. The molecule has 0 aliphatic carbocycles. The first kappa shape index (κ1) is 20.8. The van der Waals surface area contributed by atoms with Gasteiger partial charge in [0.1, 0.15) is 5.60 Å². The Hall–Kier alpha value is -2.89. The van der Waals surface area contributed by atoms with Crippen molar-refractivity contribution in [3.63, 3.8) is 0 Å². The Kier molecular flexibility index (Phi) is 5.39. The molecule has 0 saturated heterocycles. The van der Waals surface area contributed by atoms with Gasteiger partial charge >= 0.3 is 6.09 Å². The van der Waals surface area contributed by atoms with Crippen LogP contribution in [-0.4, -0.2) is 38.3 Å². The molecule has 3 rings (SSSR count). The van der Waals surface area contributed by atoms with Gasteiger partial charge in [-0.1, -0.05) is 32.9 Å². The highest BCUT2D eigenvalue weighted by Gasteiger charge is 2.42. The van der Waals surface area contributed by atoms with Crippen LogP contribution in [0.2, 0.25) is 0 Å². The normalized spacial score (nSPS) is 17.9. The molecule has 1 aromatic heterocycles. The summed E-state index contributed by atoms with van der Waals surface area (Å²) in [7, 11) is 0. The number of aromatic nitrogens is 2. The highest BCUT2D eigenvalue weighted by atomic mass is 16.6. The maximum Gasteiger partial charge on any atom is 0.417 e. The van der Waals surface area contributed by atoms with Crippen molar-refractivity contribution in [2.24, 2.45) is 5.41 Å². The predicted molar refractivity (Wildman–Crippen MR) is 112 cm³/mol. The van der Waals surface area contributed by atoms with Crippen molar-refractivity contribution in [2.45, 2.75) is 59.6 Å². The predicted octanol–water partition coefficient (Wildman–Crippen LogP) is 4.84. The molecule has 0 saturated carbocycles. The zero-order valence-electron chi connectivity index (χ0n) is 18.0. The van der Waals surface area contributed by atoms with E-state index in [1.165, 1.54) is 4.90 Å². The van der Waals surface area contributed by atoms with Gasteiger partial charge in [0, 0.05) is 18.5 Å². The SMILES string of the molecule is CC(C)(C)OC(=O)N1C(=O)C=C(c2cccc(-n3cccn3)c2)C[C@@H]1C(C)(C)C. The number of nitrogens with zero attached hydrogens (tertiary/aromatic N) is 3. The van der Waals surface area contributed by atoms with Gasteiger partial charge in [-0.25, -0.2) is 14.4 Å². The van der Waals surface area contributed by atoms with Gasteiger partial charge in [-0.2, -0.15) is 5.10 Å². The van der Waals surface area contributed by atoms with Crippen molar-refractivity contribution in [1.29, 1.82) is 0 Å². The molecular formula is C23H29N3O3. The van der Waals surface area contributed by atoms with E-state index in [0.29, 0.717) is 6.42 Å². The molecule has 0 spiro atoms. The van der Waals surface area contributed by atoms with Crippen LogP contribution in [0.25, 0.3) is 11.3 Å². The third-order valence-corrected chi connectivity index (χ3v) is 4.84. The Morgan fingerprint density at radius 2 is 1.86 bits per heavy atom. The van der Waals surface area contributed by atoms with Crippen molar-refractivity contribution in [1.82, 2.24) is 14.7 Å². The van der Waals surface area contributed by atoms with Crippen LogP contribution in [-0.2, 0) is 9.53 Å². The van der Waals surface area contributed by atoms with Crippen molar-refractivity contribution in [3.05, 3.63) is 54.4 Å². The zero-order valence-corrected chi connectivity index (χ0v) is 18.0. The van der Waals surface area contributed by atoms with Crippen molar-refractivity contribution in [3.8, 4) is 5.69 Å². The standard InChI is InChI=1S/C23H29N3O3/c1-22(2,3)19-14-17(15-20(27)26(19)21(28)29-23(4,5)6)16-9-7-10-18(13-16)25-12-8-11-24-25/h7-13,15,19H,14H2,1-6H3/t19-/m1/s1. The average Bonchev–Trinajstić information content (AvgIpc) is 3.13. The lowest BCUT2D eigenvalue weighted by atomic mass is 9.79. The third kappa shape index (κ3) is 4.75. The number of carbonyl (C=O) groups excluding carboxylic acids is 2. The molecule has 1 aromatic carbocycles. The first-order valence-corrected chi connectivity index (χ1v) is 9.83. The molecular weight excluding hydrogens is 366 g/mol. The molecule has 1 aliphatic rings. The molecule has 29 heavy (non-hydrogen) atoms. The average molecular weight is 396 g/mol. The van der Waals surface area contributed by atoms with Gasteiger partial charge in [0.05, 0.1) is 11.7 Å². The number of amides is 2. The fraction of sp³-hybridized carbons (Fsp3) is 0.435. The second-order valence-electron chi connectivity index (χ2n) is 9.45. The van der Waals surface area contributed by atoms with Gasteiger partial charge in [-0.05, 0) is 61.9 Å². The van der Waals surface area contributed by atoms with E-state index in [0.717, 1.165) is 16.8 Å². The van der Waals surface area contributed by atoms with Gasteiger partial charge in [0.15, 0.2) is 0 Å². The monoisotopic (exact) mass is 395 g/mol. The fourth-order valence-electron chi connectivity index (χ4n) is 3.42. The van der Waals surface area contributed by atoms with E-state index in [2.05, 4.69) is 5.10 Å². The molecule has 6 heteroatoms. The van der Waals surface area contributed by atoms with E-state index in [-0.39, 0.29) is 17.4 Å². The lowest BCUT2D eigenvalue weighted by molar-refractivity contribution is -0.130. The van der Waals surface area contributed by atoms with Crippen LogP contribution >= 0.6 is 0 Å². The third-order valence-electron chi connectivity index (χ3n) is 4.84. The van der Waals surface area contributed by atoms with Gasteiger partial charge in [0.25, 0.3) is 5.91 Å². The Labute approximate surface area is 172 Å². The summed E-state index contributed by atoms with van der Waals surface area (Å²) >= 11 is 0. The maximum absolute atomic E-state index is 13.0. The van der Waals surface area contributed by atoms with Crippen LogP contribution in [0, 0.1) is 5.41 Å². The minimum atomic E-state index is -0.665. The molecule has 0 bridgehead atoms. The van der Waals surface area contributed by atoms with Crippen LogP contribution in [0.4, 0.5) is 4.79 Å². The fourth-order valence-corrected chi connectivity index (χ4v) is 3.42.